The first-order chi connectivity index (χ1) is 14.8. The standard InChI is InChI=1S/C21H24F2N4O4/c1-12(19(24)28)6-13-2-3-15-16(7-13)31-5-4-26-9-18(25-20(15)26)27(8-17(22)23)21(29)14-10-30-11-14/h2-3,7,9,12,14,17H,4-6,8,10-11H2,1H3,(H2,24,28)/t12-/m1/s1. The van der Waals surface area contributed by atoms with Crippen LogP contribution in [-0.4, -0.2) is 54.2 Å². The van der Waals surface area contributed by atoms with Crippen molar-refractivity contribution in [2.75, 3.05) is 31.3 Å². The molecule has 2 aliphatic heterocycles. The minimum absolute atomic E-state index is 0.187. The fourth-order valence-corrected chi connectivity index (χ4v) is 3.66. The van der Waals surface area contributed by atoms with Gasteiger partial charge in [0.15, 0.2) is 5.82 Å². The Morgan fingerprint density at radius 1 is 1.35 bits per heavy atom. The number of anilines is 1. The number of ether oxygens (including phenoxy) is 2. The molecule has 2 amide bonds. The van der Waals surface area contributed by atoms with Gasteiger partial charge in [0.05, 0.1) is 37.8 Å². The maximum absolute atomic E-state index is 13.2. The zero-order chi connectivity index (χ0) is 22.1. The predicted molar refractivity (Wildman–Crippen MR) is 108 cm³/mol. The number of hydrogen-bond donors (Lipinski definition) is 1. The molecule has 0 unspecified atom stereocenters. The predicted octanol–water partition coefficient (Wildman–Crippen LogP) is 1.85. The van der Waals surface area contributed by atoms with Crippen LogP contribution in [0.25, 0.3) is 11.4 Å². The Labute approximate surface area is 177 Å². The second-order valence-corrected chi connectivity index (χ2v) is 7.88. The SMILES string of the molecule is C[C@H](Cc1ccc2c(c1)OCCn1cc(N(CC(F)F)C(=O)C3COC3)nc1-2)C(N)=O. The Hall–Kier alpha value is -3.01. The van der Waals surface area contributed by atoms with Gasteiger partial charge >= 0.3 is 0 Å². The van der Waals surface area contributed by atoms with Crippen LogP contribution in [0, 0.1) is 11.8 Å². The first-order valence-corrected chi connectivity index (χ1v) is 10.1. The number of hydrogen-bond acceptors (Lipinski definition) is 5. The second-order valence-electron chi connectivity index (χ2n) is 7.88. The molecule has 1 aromatic heterocycles. The summed E-state index contributed by atoms with van der Waals surface area (Å²) in [6.07, 6.45) is -0.598. The van der Waals surface area contributed by atoms with Crippen molar-refractivity contribution in [2.24, 2.45) is 17.6 Å². The average Bonchev–Trinajstić information content (AvgIpc) is 3.00. The number of rotatable bonds is 7. The molecule has 3 heterocycles. The first-order valence-electron chi connectivity index (χ1n) is 10.1. The number of carbonyl (C=O) groups excluding carboxylic acids is 2. The molecular formula is C21H24F2N4O4. The van der Waals surface area contributed by atoms with Crippen molar-refractivity contribution in [3.8, 4) is 17.1 Å². The highest BCUT2D eigenvalue weighted by Crippen LogP contribution is 2.35. The van der Waals surface area contributed by atoms with Crippen LogP contribution in [0.2, 0.25) is 0 Å². The van der Waals surface area contributed by atoms with Gasteiger partial charge in [-0.1, -0.05) is 13.0 Å². The van der Waals surface area contributed by atoms with E-state index in [1.54, 1.807) is 17.7 Å². The molecule has 31 heavy (non-hydrogen) atoms. The normalized spacial score (nSPS) is 16.5. The van der Waals surface area contributed by atoms with E-state index in [-0.39, 0.29) is 30.9 Å². The number of amides is 2. The Kier molecular flexibility index (Phi) is 5.90. The van der Waals surface area contributed by atoms with Crippen molar-refractivity contribution in [3.05, 3.63) is 30.0 Å². The number of carbonyl (C=O) groups is 2. The minimum atomic E-state index is -2.68. The third-order valence-corrected chi connectivity index (χ3v) is 5.52. The lowest BCUT2D eigenvalue weighted by atomic mass is 9.99. The summed E-state index contributed by atoms with van der Waals surface area (Å²) in [4.78, 5) is 29.6. The van der Waals surface area contributed by atoms with Gasteiger partial charge in [0.1, 0.15) is 18.2 Å². The summed E-state index contributed by atoms with van der Waals surface area (Å²) in [6.45, 7) is 2.30. The van der Waals surface area contributed by atoms with E-state index in [9.17, 15) is 18.4 Å². The maximum atomic E-state index is 13.2. The van der Waals surface area contributed by atoms with Gasteiger partial charge in [-0.2, -0.15) is 0 Å². The number of benzene rings is 1. The lowest BCUT2D eigenvalue weighted by Gasteiger charge is -2.30. The molecule has 1 atom stereocenters. The van der Waals surface area contributed by atoms with Gasteiger partial charge in [-0.05, 0) is 24.1 Å². The number of nitrogens with zero attached hydrogens (tertiary/aromatic N) is 3. The summed E-state index contributed by atoms with van der Waals surface area (Å²) in [6, 6.07) is 5.53. The van der Waals surface area contributed by atoms with Crippen LogP contribution in [0.15, 0.2) is 24.4 Å². The van der Waals surface area contributed by atoms with Gasteiger partial charge in [0, 0.05) is 12.1 Å². The van der Waals surface area contributed by atoms with E-state index in [2.05, 4.69) is 4.98 Å². The van der Waals surface area contributed by atoms with Crippen molar-refractivity contribution in [3.63, 3.8) is 0 Å². The van der Waals surface area contributed by atoms with Crippen LogP contribution in [0.3, 0.4) is 0 Å². The molecular weight excluding hydrogens is 410 g/mol. The third-order valence-electron chi connectivity index (χ3n) is 5.52. The van der Waals surface area contributed by atoms with Crippen molar-refractivity contribution >= 4 is 17.6 Å². The van der Waals surface area contributed by atoms with Crippen LogP contribution in [0.1, 0.15) is 12.5 Å². The Morgan fingerprint density at radius 2 is 2.13 bits per heavy atom. The number of fused-ring (bicyclic) bond motifs is 3. The third kappa shape index (κ3) is 4.39. The summed E-state index contributed by atoms with van der Waals surface area (Å²) in [5.74, 6) is -0.221. The van der Waals surface area contributed by atoms with E-state index >= 15 is 0 Å². The van der Waals surface area contributed by atoms with E-state index < -0.39 is 24.8 Å². The molecule has 1 aromatic carbocycles. The molecule has 2 aliphatic rings. The van der Waals surface area contributed by atoms with Crippen molar-refractivity contribution in [2.45, 2.75) is 26.3 Å². The number of halogens is 2. The number of aromatic nitrogens is 2. The summed E-state index contributed by atoms with van der Waals surface area (Å²) in [5.41, 5.74) is 6.94. The summed E-state index contributed by atoms with van der Waals surface area (Å²) >= 11 is 0. The zero-order valence-electron chi connectivity index (χ0n) is 17.1. The molecule has 8 nitrogen and oxygen atoms in total. The molecule has 0 spiro atoms. The average molecular weight is 434 g/mol. The molecule has 166 valence electrons. The lowest BCUT2D eigenvalue weighted by Crippen LogP contribution is -2.46. The molecule has 0 aliphatic carbocycles. The summed E-state index contributed by atoms with van der Waals surface area (Å²) in [7, 11) is 0. The van der Waals surface area contributed by atoms with Gasteiger partial charge in [0.2, 0.25) is 11.8 Å². The summed E-state index contributed by atoms with van der Waals surface area (Å²) < 4.78 is 39.1. The molecule has 10 heteroatoms. The second kappa shape index (κ2) is 8.62. The molecule has 2 N–H and O–H groups in total. The lowest BCUT2D eigenvalue weighted by molar-refractivity contribution is -0.136. The molecule has 1 fully saturated rings. The largest absolute Gasteiger partial charge is 0.491 e. The Balaban J connectivity index is 1.66. The number of nitrogens with two attached hydrogens (primary N) is 1. The van der Waals surface area contributed by atoms with Crippen LogP contribution in [0.4, 0.5) is 14.6 Å². The van der Waals surface area contributed by atoms with Crippen LogP contribution < -0.4 is 15.4 Å². The highest BCUT2D eigenvalue weighted by Gasteiger charge is 2.34. The van der Waals surface area contributed by atoms with Crippen LogP contribution in [0.5, 0.6) is 5.75 Å². The number of primary amides is 1. The van der Waals surface area contributed by atoms with Gasteiger partial charge in [-0.3, -0.25) is 14.5 Å². The first kappa shape index (κ1) is 21.2. The van der Waals surface area contributed by atoms with Crippen LogP contribution in [-0.2, 0) is 27.3 Å². The monoisotopic (exact) mass is 434 g/mol. The smallest absolute Gasteiger partial charge is 0.256 e. The van der Waals surface area contributed by atoms with E-state index in [0.29, 0.717) is 36.7 Å². The maximum Gasteiger partial charge on any atom is 0.256 e. The van der Waals surface area contributed by atoms with E-state index in [0.717, 1.165) is 10.5 Å². The van der Waals surface area contributed by atoms with Gasteiger partial charge in [-0.25, -0.2) is 13.8 Å². The molecule has 1 saturated heterocycles. The molecule has 4 rings (SSSR count). The molecule has 0 saturated carbocycles. The number of imidazole rings is 1. The quantitative estimate of drug-likeness (QED) is 0.717. The fraction of sp³-hybridized carbons (Fsp3) is 0.476. The van der Waals surface area contributed by atoms with Crippen LogP contribution >= 0.6 is 0 Å². The van der Waals surface area contributed by atoms with Crippen molar-refractivity contribution < 1.29 is 27.8 Å². The Bertz CT molecular complexity index is 990. The van der Waals surface area contributed by atoms with E-state index in [1.165, 1.54) is 0 Å². The van der Waals surface area contributed by atoms with E-state index in [1.807, 2.05) is 18.2 Å². The molecule has 0 bridgehead atoms. The summed E-state index contributed by atoms with van der Waals surface area (Å²) in [5, 5.41) is 0. The van der Waals surface area contributed by atoms with Gasteiger partial charge < -0.3 is 19.8 Å². The van der Waals surface area contributed by atoms with Crippen molar-refractivity contribution in [1.29, 1.82) is 0 Å². The van der Waals surface area contributed by atoms with E-state index in [4.69, 9.17) is 15.2 Å². The fourth-order valence-electron chi connectivity index (χ4n) is 3.66. The van der Waals surface area contributed by atoms with Gasteiger partial charge in [-0.15, -0.1) is 0 Å². The highest BCUT2D eigenvalue weighted by molar-refractivity contribution is 5.95. The van der Waals surface area contributed by atoms with Gasteiger partial charge in [0.25, 0.3) is 6.43 Å². The molecule has 2 aromatic rings. The van der Waals surface area contributed by atoms with Crippen molar-refractivity contribution in [1.82, 2.24) is 9.55 Å². The number of alkyl halides is 2. The Morgan fingerprint density at radius 3 is 2.77 bits per heavy atom. The highest BCUT2D eigenvalue weighted by atomic mass is 19.3. The molecule has 0 radical (unpaired) electrons. The topological polar surface area (TPSA) is 99.7 Å². The minimum Gasteiger partial charge on any atom is -0.491 e. The zero-order valence-corrected chi connectivity index (χ0v) is 17.1.